The molecule has 0 saturated carbocycles. The van der Waals surface area contributed by atoms with E-state index in [-0.39, 0.29) is 5.91 Å². The molecule has 2 N–H and O–H groups in total. The molecule has 2 aromatic rings. The molecule has 1 aromatic heterocycles. The highest BCUT2D eigenvalue weighted by molar-refractivity contribution is 8.00. The van der Waals surface area contributed by atoms with Crippen LogP contribution in [0.1, 0.15) is 13.3 Å². The lowest BCUT2D eigenvalue weighted by molar-refractivity contribution is -0.131. The Bertz CT molecular complexity index is 826. The van der Waals surface area contributed by atoms with Gasteiger partial charge in [0, 0.05) is 75.3 Å². The van der Waals surface area contributed by atoms with Crippen LogP contribution in [0.2, 0.25) is 0 Å². The predicted molar refractivity (Wildman–Crippen MR) is 127 cm³/mol. The lowest BCUT2D eigenvalue weighted by atomic mass is 10.3. The van der Waals surface area contributed by atoms with Gasteiger partial charge in [-0.25, -0.2) is 9.97 Å². The summed E-state index contributed by atoms with van der Waals surface area (Å²) in [7, 11) is 1.75. The Morgan fingerprint density at radius 2 is 1.81 bits per heavy atom. The normalized spacial score (nSPS) is 15.5. The molecule has 0 spiro atoms. The Morgan fingerprint density at radius 1 is 1.10 bits per heavy atom. The monoisotopic (exact) mass is 441 g/mol. The van der Waals surface area contributed by atoms with E-state index in [1.54, 1.807) is 19.4 Å². The Morgan fingerprint density at radius 3 is 2.48 bits per heavy atom. The van der Waals surface area contributed by atoms with E-state index in [9.17, 15) is 4.79 Å². The number of carbonyl (C=O) groups excluding carboxylic acids is 1. The van der Waals surface area contributed by atoms with Crippen molar-refractivity contribution >= 4 is 29.6 Å². The van der Waals surface area contributed by atoms with Crippen molar-refractivity contribution in [2.24, 2.45) is 4.99 Å². The van der Waals surface area contributed by atoms with Crippen LogP contribution in [0, 0.1) is 0 Å². The first-order chi connectivity index (χ1) is 15.2. The summed E-state index contributed by atoms with van der Waals surface area (Å²) in [5.74, 6) is 1.61. The number of aromatic nitrogens is 2. The predicted octanol–water partition coefficient (Wildman–Crippen LogP) is 1.86. The van der Waals surface area contributed by atoms with Crippen LogP contribution in [0.3, 0.4) is 0 Å². The molecule has 0 aliphatic carbocycles. The minimum absolute atomic E-state index is 0.157. The highest BCUT2D eigenvalue weighted by Crippen LogP contribution is 2.21. The molecular weight excluding hydrogens is 410 g/mol. The lowest BCUT2D eigenvalue weighted by Crippen LogP contribution is -2.50. The molecule has 1 aliphatic rings. The number of amides is 1. The van der Waals surface area contributed by atoms with Crippen molar-refractivity contribution in [2.45, 2.75) is 23.5 Å². The number of piperazine rings is 1. The van der Waals surface area contributed by atoms with Gasteiger partial charge in [-0.05, 0) is 18.2 Å². The second kappa shape index (κ2) is 12.1. The zero-order valence-electron chi connectivity index (χ0n) is 18.2. The SMILES string of the molecule is CN=C(NCCC(=O)N1CCN(c2ncccn2)CC1)NCC(C)Sc1ccccc1. The quantitative estimate of drug-likeness (QED) is 0.367. The number of rotatable bonds is 8. The Kier molecular flexibility index (Phi) is 8.96. The molecule has 3 rings (SSSR count). The maximum atomic E-state index is 12.6. The fourth-order valence-electron chi connectivity index (χ4n) is 3.29. The molecule has 0 radical (unpaired) electrons. The summed E-state index contributed by atoms with van der Waals surface area (Å²) in [6.07, 6.45) is 3.93. The number of hydrogen-bond acceptors (Lipinski definition) is 6. The van der Waals surface area contributed by atoms with Gasteiger partial charge in [0.15, 0.2) is 5.96 Å². The minimum atomic E-state index is 0.157. The third kappa shape index (κ3) is 7.43. The molecule has 1 saturated heterocycles. The van der Waals surface area contributed by atoms with Crippen LogP contribution in [0.25, 0.3) is 0 Å². The number of hydrogen-bond donors (Lipinski definition) is 2. The fourth-order valence-corrected chi connectivity index (χ4v) is 4.24. The first-order valence-corrected chi connectivity index (χ1v) is 11.5. The largest absolute Gasteiger partial charge is 0.356 e. The van der Waals surface area contributed by atoms with Gasteiger partial charge in [-0.15, -0.1) is 11.8 Å². The number of thioether (sulfide) groups is 1. The number of carbonyl (C=O) groups is 1. The number of nitrogens with zero attached hydrogens (tertiary/aromatic N) is 5. The lowest BCUT2D eigenvalue weighted by Gasteiger charge is -2.34. The summed E-state index contributed by atoms with van der Waals surface area (Å²) >= 11 is 1.82. The maximum absolute atomic E-state index is 12.6. The molecule has 1 unspecified atom stereocenters. The van der Waals surface area contributed by atoms with Crippen LogP contribution in [-0.2, 0) is 4.79 Å². The minimum Gasteiger partial charge on any atom is -0.356 e. The van der Waals surface area contributed by atoms with Crippen LogP contribution in [-0.4, -0.2) is 78.3 Å². The van der Waals surface area contributed by atoms with Gasteiger partial charge >= 0.3 is 0 Å². The van der Waals surface area contributed by atoms with Crippen LogP contribution in [0.4, 0.5) is 5.95 Å². The molecular formula is C22H31N7OS. The third-order valence-electron chi connectivity index (χ3n) is 4.96. The summed E-state index contributed by atoms with van der Waals surface area (Å²) in [5, 5.41) is 6.98. The van der Waals surface area contributed by atoms with E-state index in [2.05, 4.69) is 61.7 Å². The van der Waals surface area contributed by atoms with Gasteiger partial charge in [-0.3, -0.25) is 9.79 Å². The van der Waals surface area contributed by atoms with Crippen molar-refractivity contribution in [3.63, 3.8) is 0 Å². The van der Waals surface area contributed by atoms with Crippen LogP contribution >= 0.6 is 11.8 Å². The number of benzene rings is 1. The molecule has 31 heavy (non-hydrogen) atoms. The van der Waals surface area contributed by atoms with E-state index in [1.165, 1.54) is 4.90 Å². The average Bonchev–Trinajstić information content (AvgIpc) is 2.82. The average molecular weight is 442 g/mol. The van der Waals surface area contributed by atoms with Crippen LogP contribution < -0.4 is 15.5 Å². The highest BCUT2D eigenvalue weighted by atomic mass is 32.2. The Balaban J connectivity index is 1.32. The first-order valence-electron chi connectivity index (χ1n) is 10.6. The smallest absolute Gasteiger partial charge is 0.225 e. The standard InChI is InChI=1S/C22H31N7OS/c1-18(31-19-7-4-3-5-8-19)17-27-21(23-2)24-12-9-20(30)28-13-15-29(16-14-28)22-25-10-6-11-26-22/h3-8,10-11,18H,9,12-17H2,1-2H3,(H2,23,24,27). The van der Waals surface area contributed by atoms with Crippen molar-refractivity contribution in [1.82, 2.24) is 25.5 Å². The van der Waals surface area contributed by atoms with Crippen molar-refractivity contribution in [1.29, 1.82) is 0 Å². The van der Waals surface area contributed by atoms with Gasteiger partial charge in [-0.2, -0.15) is 0 Å². The third-order valence-corrected chi connectivity index (χ3v) is 6.07. The number of guanidine groups is 1. The van der Waals surface area contributed by atoms with Gasteiger partial charge in [0.2, 0.25) is 11.9 Å². The van der Waals surface area contributed by atoms with Crippen molar-refractivity contribution in [2.75, 3.05) is 51.2 Å². The summed E-state index contributed by atoms with van der Waals surface area (Å²) in [6, 6.07) is 12.2. The molecule has 0 bridgehead atoms. The summed E-state index contributed by atoms with van der Waals surface area (Å²) < 4.78 is 0. The summed E-state index contributed by atoms with van der Waals surface area (Å²) in [6.45, 7) is 6.42. The van der Waals surface area contributed by atoms with E-state index >= 15 is 0 Å². The summed E-state index contributed by atoms with van der Waals surface area (Å²) in [4.78, 5) is 30.7. The van der Waals surface area contributed by atoms with E-state index in [0.717, 1.165) is 31.5 Å². The summed E-state index contributed by atoms with van der Waals surface area (Å²) in [5.41, 5.74) is 0. The second-order valence-corrected chi connectivity index (χ2v) is 8.80. The number of nitrogens with one attached hydrogen (secondary N) is 2. The molecule has 1 fully saturated rings. The molecule has 8 nitrogen and oxygen atoms in total. The van der Waals surface area contributed by atoms with Gasteiger partial charge in [0.25, 0.3) is 0 Å². The van der Waals surface area contributed by atoms with Crippen molar-refractivity contribution in [3.8, 4) is 0 Å². The van der Waals surface area contributed by atoms with E-state index < -0.39 is 0 Å². The zero-order valence-corrected chi connectivity index (χ0v) is 19.0. The molecule has 9 heteroatoms. The van der Waals surface area contributed by atoms with Gasteiger partial charge in [0.1, 0.15) is 0 Å². The van der Waals surface area contributed by atoms with Gasteiger partial charge < -0.3 is 20.4 Å². The second-order valence-electron chi connectivity index (χ2n) is 7.29. The molecule has 1 amide bonds. The van der Waals surface area contributed by atoms with Crippen molar-refractivity contribution < 1.29 is 4.79 Å². The molecule has 1 aromatic carbocycles. The van der Waals surface area contributed by atoms with E-state index in [0.29, 0.717) is 31.3 Å². The van der Waals surface area contributed by atoms with Gasteiger partial charge in [-0.1, -0.05) is 25.1 Å². The first kappa shape index (κ1) is 22.9. The Hall–Kier alpha value is -2.81. The van der Waals surface area contributed by atoms with E-state index in [4.69, 9.17) is 0 Å². The molecule has 1 atom stereocenters. The van der Waals surface area contributed by atoms with Gasteiger partial charge in [0.05, 0.1) is 0 Å². The van der Waals surface area contributed by atoms with Crippen LogP contribution in [0.15, 0.2) is 58.7 Å². The topological polar surface area (TPSA) is 85.8 Å². The maximum Gasteiger partial charge on any atom is 0.225 e. The number of aliphatic imine (C=N–C) groups is 1. The zero-order chi connectivity index (χ0) is 21.9. The van der Waals surface area contributed by atoms with E-state index in [1.807, 2.05) is 28.8 Å². The molecule has 2 heterocycles. The Labute approximate surface area is 188 Å². The fraction of sp³-hybridized carbons (Fsp3) is 0.455. The number of anilines is 1. The highest BCUT2D eigenvalue weighted by Gasteiger charge is 2.22. The molecule has 1 aliphatic heterocycles. The van der Waals surface area contributed by atoms with Crippen LogP contribution in [0.5, 0.6) is 0 Å². The molecule has 166 valence electrons. The van der Waals surface area contributed by atoms with Crippen molar-refractivity contribution in [3.05, 3.63) is 48.8 Å².